The summed E-state index contributed by atoms with van der Waals surface area (Å²) in [4.78, 5) is 38.3. The summed E-state index contributed by atoms with van der Waals surface area (Å²) < 4.78 is 52.1. The van der Waals surface area contributed by atoms with E-state index in [-0.39, 0.29) is 19.8 Å². The first-order valence-electron chi connectivity index (χ1n) is 16.2. The molecule has 0 aromatic heterocycles. The first-order chi connectivity index (χ1) is 24.5. The Morgan fingerprint density at radius 2 is 1.39 bits per heavy atom. The van der Waals surface area contributed by atoms with Crippen molar-refractivity contribution in [1.29, 1.82) is 0 Å². The SMILES string of the molecule is CO[C@H]1O[C@H]([C@H](COC(C)=O)OC(C)=O)[C@@H](O)[C@H](O)[C@@H]1O[C@H]1O[C@H](COC(C)=O)[C@@H](OCc2ccccc2)[C@H](OCc2ccccc2)[C@H]1N=[N+]=[N-]. The maximum atomic E-state index is 11.9. The standard InChI is InChI=1S/C34H43N3O14/c1-19(38)44-17-24(48-21(3)40)29-27(41)28(42)32(34(43-4)50-29)51-33-26(36-37-35)31(47-16-23-13-9-6-10-14-23)30(25(49-33)18-45-20(2)39)46-15-22-11-7-5-8-12-22/h5-14,24-34,41-42H,15-18H2,1-4H3/t24-,25+,26+,27-,28-,29+,30+,31+,32-,33+,34-/m0/s1. The number of aliphatic hydroxyl groups excluding tert-OH is 2. The van der Waals surface area contributed by atoms with E-state index < -0.39 is 92.0 Å². The fourth-order valence-electron chi connectivity index (χ4n) is 5.71. The smallest absolute Gasteiger partial charge is 0.303 e. The van der Waals surface area contributed by atoms with Crippen LogP contribution in [0.3, 0.4) is 0 Å². The third kappa shape index (κ3) is 11.2. The van der Waals surface area contributed by atoms with Crippen molar-refractivity contribution >= 4 is 17.9 Å². The van der Waals surface area contributed by atoms with Gasteiger partial charge in [-0.25, -0.2) is 0 Å². The molecule has 11 atom stereocenters. The third-order valence-electron chi connectivity index (χ3n) is 8.06. The largest absolute Gasteiger partial charge is 0.463 e. The fraction of sp³-hybridized carbons (Fsp3) is 0.559. The molecule has 4 rings (SSSR count). The topological polar surface area (TPSA) is 223 Å². The minimum atomic E-state index is -1.78. The van der Waals surface area contributed by atoms with Crippen LogP contribution in [0.1, 0.15) is 31.9 Å². The number of aliphatic hydroxyl groups is 2. The lowest BCUT2D eigenvalue weighted by Crippen LogP contribution is -2.66. The van der Waals surface area contributed by atoms with Gasteiger partial charge >= 0.3 is 17.9 Å². The molecular weight excluding hydrogens is 674 g/mol. The number of hydrogen-bond acceptors (Lipinski definition) is 15. The normalized spacial score (nSPS) is 29.6. The second-order valence-corrected chi connectivity index (χ2v) is 11.8. The summed E-state index contributed by atoms with van der Waals surface area (Å²) in [7, 11) is 1.24. The minimum Gasteiger partial charge on any atom is -0.463 e. The van der Waals surface area contributed by atoms with Crippen molar-refractivity contribution < 1.29 is 67.2 Å². The molecule has 0 radical (unpaired) electrons. The number of carbonyl (C=O) groups excluding carboxylic acids is 3. The highest BCUT2D eigenvalue weighted by molar-refractivity contribution is 5.67. The molecule has 2 heterocycles. The van der Waals surface area contributed by atoms with Gasteiger partial charge in [0.05, 0.1) is 13.2 Å². The van der Waals surface area contributed by atoms with Crippen molar-refractivity contribution in [2.24, 2.45) is 5.11 Å². The summed E-state index contributed by atoms with van der Waals surface area (Å²) >= 11 is 0. The van der Waals surface area contributed by atoms with E-state index in [1.165, 1.54) is 14.0 Å². The molecule has 0 unspecified atom stereocenters. The number of benzene rings is 2. The first-order valence-corrected chi connectivity index (χ1v) is 16.2. The quantitative estimate of drug-likeness (QED) is 0.0835. The molecule has 2 fully saturated rings. The van der Waals surface area contributed by atoms with Crippen LogP contribution >= 0.6 is 0 Å². The van der Waals surface area contributed by atoms with Crippen LogP contribution in [0.15, 0.2) is 65.8 Å². The fourth-order valence-corrected chi connectivity index (χ4v) is 5.71. The average Bonchev–Trinajstić information content (AvgIpc) is 3.11. The van der Waals surface area contributed by atoms with Gasteiger partial charge in [-0.15, -0.1) is 0 Å². The molecule has 0 aliphatic carbocycles. The highest BCUT2D eigenvalue weighted by atomic mass is 16.8. The van der Waals surface area contributed by atoms with Crippen LogP contribution < -0.4 is 0 Å². The predicted octanol–water partition coefficient (Wildman–Crippen LogP) is 2.10. The van der Waals surface area contributed by atoms with Gasteiger partial charge in [-0.2, -0.15) is 0 Å². The second kappa shape index (κ2) is 19.4. The summed E-state index contributed by atoms with van der Waals surface area (Å²) in [5.41, 5.74) is 11.3. The van der Waals surface area contributed by atoms with Crippen molar-refractivity contribution in [2.45, 2.75) is 101 Å². The average molecular weight is 718 g/mol. The van der Waals surface area contributed by atoms with E-state index in [0.29, 0.717) is 0 Å². The van der Waals surface area contributed by atoms with Crippen LogP contribution in [0, 0.1) is 0 Å². The van der Waals surface area contributed by atoms with E-state index in [4.69, 9.17) is 42.6 Å². The highest BCUT2D eigenvalue weighted by Gasteiger charge is 2.54. The summed E-state index contributed by atoms with van der Waals surface area (Å²) in [5.74, 6) is -2.04. The number of rotatable bonds is 16. The summed E-state index contributed by atoms with van der Waals surface area (Å²) in [6.45, 7) is 2.83. The zero-order valence-electron chi connectivity index (χ0n) is 28.6. The number of methoxy groups -OCH3 is 1. The molecule has 0 saturated carbocycles. The van der Waals surface area contributed by atoms with Crippen LogP contribution in [0.4, 0.5) is 0 Å². The molecule has 278 valence electrons. The van der Waals surface area contributed by atoms with Crippen molar-refractivity contribution in [1.82, 2.24) is 0 Å². The van der Waals surface area contributed by atoms with E-state index >= 15 is 0 Å². The third-order valence-corrected chi connectivity index (χ3v) is 8.06. The van der Waals surface area contributed by atoms with Gasteiger partial charge in [0, 0.05) is 32.8 Å². The van der Waals surface area contributed by atoms with Crippen LogP contribution in [0.2, 0.25) is 0 Å². The van der Waals surface area contributed by atoms with Gasteiger partial charge in [-0.1, -0.05) is 65.8 Å². The first kappa shape index (κ1) is 39.6. The number of carbonyl (C=O) groups is 3. The maximum Gasteiger partial charge on any atom is 0.303 e. The van der Waals surface area contributed by atoms with Crippen LogP contribution in [0.25, 0.3) is 10.4 Å². The van der Waals surface area contributed by atoms with Gasteiger partial charge in [0.1, 0.15) is 62.0 Å². The van der Waals surface area contributed by atoms with E-state index in [0.717, 1.165) is 25.0 Å². The van der Waals surface area contributed by atoms with Gasteiger partial charge in [0.15, 0.2) is 18.7 Å². The second-order valence-electron chi connectivity index (χ2n) is 11.8. The molecule has 0 spiro atoms. The Hall–Kier alpha value is -4.16. The predicted molar refractivity (Wildman–Crippen MR) is 173 cm³/mol. The number of azide groups is 1. The molecule has 2 N–H and O–H groups in total. The minimum absolute atomic E-state index is 0.0529. The van der Waals surface area contributed by atoms with Crippen molar-refractivity contribution in [3.63, 3.8) is 0 Å². The molecule has 0 bridgehead atoms. The highest BCUT2D eigenvalue weighted by Crippen LogP contribution is 2.35. The van der Waals surface area contributed by atoms with Gasteiger partial charge in [-0.05, 0) is 16.7 Å². The van der Waals surface area contributed by atoms with Crippen molar-refractivity contribution in [3.8, 4) is 0 Å². The monoisotopic (exact) mass is 717 g/mol. The molecular formula is C34H43N3O14. The number of esters is 3. The lowest BCUT2D eigenvalue weighted by atomic mass is 9.94. The Bertz CT molecular complexity index is 1460. The number of ether oxygens (including phenoxy) is 9. The summed E-state index contributed by atoms with van der Waals surface area (Å²) in [6, 6.07) is 17.2. The van der Waals surface area contributed by atoms with Gasteiger partial charge in [-0.3, -0.25) is 14.4 Å². The molecule has 2 aromatic carbocycles. The summed E-state index contributed by atoms with van der Waals surface area (Å²) in [5, 5.41) is 26.5. The Labute approximate surface area is 294 Å². The van der Waals surface area contributed by atoms with Gasteiger partial charge in [0.2, 0.25) is 0 Å². The van der Waals surface area contributed by atoms with Gasteiger partial charge < -0.3 is 52.8 Å². The van der Waals surface area contributed by atoms with E-state index in [2.05, 4.69) is 10.0 Å². The van der Waals surface area contributed by atoms with E-state index in [9.17, 15) is 30.1 Å². The Balaban J connectivity index is 1.66. The lowest BCUT2D eigenvalue weighted by molar-refractivity contribution is -0.359. The molecule has 17 nitrogen and oxygen atoms in total. The molecule has 2 aliphatic heterocycles. The maximum absolute atomic E-state index is 11.9. The Kier molecular flexibility index (Phi) is 15.1. The molecule has 2 aromatic rings. The number of nitrogens with zero attached hydrogens (tertiary/aromatic N) is 3. The summed E-state index contributed by atoms with van der Waals surface area (Å²) in [6.07, 6.45) is -13.8. The zero-order chi connectivity index (χ0) is 36.9. The molecule has 0 amide bonds. The van der Waals surface area contributed by atoms with Gasteiger partial charge in [0.25, 0.3) is 0 Å². The van der Waals surface area contributed by atoms with Crippen LogP contribution in [-0.4, -0.2) is 116 Å². The van der Waals surface area contributed by atoms with E-state index in [1.54, 1.807) is 0 Å². The molecule has 17 heteroatoms. The zero-order valence-corrected chi connectivity index (χ0v) is 28.6. The number of hydrogen-bond donors (Lipinski definition) is 2. The molecule has 2 saturated heterocycles. The van der Waals surface area contributed by atoms with Crippen molar-refractivity contribution in [2.75, 3.05) is 20.3 Å². The molecule has 2 aliphatic rings. The van der Waals surface area contributed by atoms with Crippen molar-refractivity contribution in [3.05, 3.63) is 82.2 Å². The Morgan fingerprint density at radius 1 is 0.804 bits per heavy atom. The molecule has 51 heavy (non-hydrogen) atoms. The van der Waals surface area contributed by atoms with Crippen LogP contribution in [0.5, 0.6) is 0 Å². The van der Waals surface area contributed by atoms with E-state index in [1.807, 2.05) is 60.7 Å². The van der Waals surface area contributed by atoms with Crippen LogP contribution in [-0.2, 0) is 70.2 Å². The lowest BCUT2D eigenvalue weighted by Gasteiger charge is -2.48. The Morgan fingerprint density at radius 3 is 1.92 bits per heavy atom.